The van der Waals surface area contributed by atoms with Crippen LogP contribution < -0.4 is 0 Å². The van der Waals surface area contributed by atoms with Crippen molar-refractivity contribution in [2.24, 2.45) is 0 Å². The number of phosphoric ester groups is 2. The van der Waals surface area contributed by atoms with Crippen LogP contribution in [0.3, 0.4) is 0 Å². The Bertz CT molecular complexity index is 2070. The van der Waals surface area contributed by atoms with Gasteiger partial charge in [-0.25, -0.2) is 9.13 Å². The van der Waals surface area contributed by atoms with Gasteiger partial charge in [-0.15, -0.1) is 0 Å². The Balaban J connectivity index is 5.34. The molecule has 546 valence electrons. The predicted octanol–water partition coefficient (Wildman–Crippen LogP) is 20.9. The number of aliphatic hydroxyl groups excluding tert-OH is 1. The molecule has 0 aliphatic carbocycles. The molecule has 94 heavy (non-hydrogen) atoms. The van der Waals surface area contributed by atoms with Crippen LogP contribution in [0.1, 0.15) is 323 Å². The molecule has 0 aromatic carbocycles. The number of aliphatic hydroxyl groups is 1. The van der Waals surface area contributed by atoms with Crippen molar-refractivity contribution in [3.8, 4) is 0 Å². The van der Waals surface area contributed by atoms with Gasteiger partial charge in [-0.05, 0) is 128 Å². The van der Waals surface area contributed by atoms with Crippen LogP contribution in [0, 0.1) is 0 Å². The molecule has 0 amide bonds. The van der Waals surface area contributed by atoms with Crippen LogP contribution in [0.25, 0.3) is 0 Å². The van der Waals surface area contributed by atoms with Gasteiger partial charge in [0.15, 0.2) is 12.2 Å². The van der Waals surface area contributed by atoms with E-state index < -0.39 is 97.5 Å². The second kappa shape index (κ2) is 68.0. The predicted molar refractivity (Wildman–Crippen MR) is 381 cm³/mol. The average molecular weight is 1370 g/mol. The van der Waals surface area contributed by atoms with Gasteiger partial charge in [0.2, 0.25) is 0 Å². The molecular weight excluding hydrogens is 1230 g/mol. The second-order valence-electron chi connectivity index (χ2n) is 24.9. The van der Waals surface area contributed by atoms with E-state index in [2.05, 4.69) is 101 Å². The maximum atomic E-state index is 13.0. The van der Waals surface area contributed by atoms with E-state index >= 15 is 0 Å². The zero-order valence-corrected chi connectivity index (χ0v) is 61.2. The van der Waals surface area contributed by atoms with Gasteiger partial charge in [0, 0.05) is 25.7 Å². The van der Waals surface area contributed by atoms with E-state index in [0.29, 0.717) is 25.7 Å². The Morgan fingerprint density at radius 3 is 0.851 bits per heavy atom. The van der Waals surface area contributed by atoms with E-state index in [1.165, 1.54) is 64.2 Å². The molecule has 5 unspecified atom stereocenters. The Hall–Kier alpha value is -3.50. The number of rotatable bonds is 70. The third kappa shape index (κ3) is 67.1. The Morgan fingerprint density at radius 1 is 0.298 bits per heavy atom. The summed E-state index contributed by atoms with van der Waals surface area (Å²) in [5, 5.41) is 10.6. The van der Waals surface area contributed by atoms with Crippen molar-refractivity contribution >= 4 is 39.5 Å². The van der Waals surface area contributed by atoms with Crippen LogP contribution in [0.15, 0.2) is 72.9 Å². The maximum Gasteiger partial charge on any atom is 0.472 e. The molecule has 17 nitrogen and oxygen atoms in total. The van der Waals surface area contributed by atoms with Gasteiger partial charge in [0.1, 0.15) is 19.3 Å². The lowest BCUT2D eigenvalue weighted by Gasteiger charge is -2.21. The molecule has 0 heterocycles. The highest BCUT2D eigenvalue weighted by atomic mass is 31.2. The number of phosphoric acid groups is 2. The zero-order chi connectivity index (χ0) is 69.0. The number of ether oxygens (including phenoxy) is 4. The SMILES string of the molecule is CCC/C=C\C/C=C\CCCCCCCC(=O)OCC(COP(=O)(O)OCC(O)COP(=O)(O)OCC(COC(=O)CCCCCCC/C=C\CCCCCCCC)OC(=O)CCCCCCC/C=C\C/C=C\CCC)OC(=O)CCCCCCC/C=C\CCCCCC. The van der Waals surface area contributed by atoms with Gasteiger partial charge in [0.05, 0.1) is 26.4 Å². The molecule has 0 aliphatic rings. The van der Waals surface area contributed by atoms with Crippen LogP contribution in [-0.2, 0) is 65.4 Å². The lowest BCUT2D eigenvalue weighted by molar-refractivity contribution is -0.161. The fraction of sp³-hybridized carbons (Fsp3) is 0.787. The summed E-state index contributed by atoms with van der Waals surface area (Å²) in [6.07, 6.45) is 66.1. The molecule has 0 fully saturated rings. The first-order valence-electron chi connectivity index (χ1n) is 37.2. The summed E-state index contributed by atoms with van der Waals surface area (Å²) in [6.45, 7) is 4.69. The van der Waals surface area contributed by atoms with Crippen LogP contribution in [0.2, 0.25) is 0 Å². The molecule has 5 atom stereocenters. The fourth-order valence-corrected chi connectivity index (χ4v) is 11.5. The Kier molecular flexibility index (Phi) is 65.5. The van der Waals surface area contributed by atoms with E-state index in [1.54, 1.807) is 0 Å². The second-order valence-corrected chi connectivity index (χ2v) is 27.8. The first-order valence-corrected chi connectivity index (χ1v) is 40.2. The molecule has 19 heteroatoms. The number of carbonyl (C=O) groups excluding carboxylic acids is 4. The molecule has 0 bridgehead atoms. The lowest BCUT2D eigenvalue weighted by atomic mass is 10.1. The summed E-state index contributed by atoms with van der Waals surface area (Å²) in [7, 11) is -9.94. The van der Waals surface area contributed by atoms with Crippen LogP contribution in [0.5, 0.6) is 0 Å². The molecule has 0 aromatic rings. The summed E-state index contributed by atoms with van der Waals surface area (Å²) in [5.74, 6) is -2.21. The van der Waals surface area contributed by atoms with Gasteiger partial charge in [0.25, 0.3) is 0 Å². The molecule has 0 saturated carbocycles. The highest BCUT2D eigenvalue weighted by molar-refractivity contribution is 7.47. The van der Waals surface area contributed by atoms with Crippen molar-refractivity contribution < 1.29 is 80.2 Å². The number of allylic oxidation sites excluding steroid dienone is 12. The molecular formula is C75H134O17P2. The van der Waals surface area contributed by atoms with E-state index in [4.69, 9.17) is 37.0 Å². The molecule has 0 spiro atoms. The monoisotopic (exact) mass is 1370 g/mol. The summed E-state index contributed by atoms with van der Waals surface area (Å²) >= 11 is 0. The summed E-state index contributed by atoms with van der Waals surface area (Å²) in [4.78, 5) is 72.7. The minimum absolute atomic E-state index is 0.0791. The van der Waals surface area contributed by atoms with Crippen molar-refractivity contribution in [2.75, 3.05) is 39.6 Å². The smallest absolute Gasteiger partial charge is 0.462 e. The number of esters is 4. The Labute approximate surface area is 571 Å². The summed E-state index contributed by atoms with van der Waals surface area (Å²) < 4.78 is 68.3. The van der Waals surface area contributed by atoms with Gasteiger partial charge in [-0.3, -0.25) is 37.3 Å². The fourth-order valence-electron chi connectivity index (χ4n) is 9.87. The maximum absolute atomic E-state index is 13.0. The normalized spacial score (nSPS) is 14.4. The van der Waals surface area contributed by atoms with Crippen LogP contribution in [0.4, 0.5) is 0 Å². The lowest BCUT2D eigenvalue weighted by Crippen LogP contribution is -2.30. The topological polar surface area (TPSA) is 237 Å². The summed E-state index contributed by atoms with van der Waals surface area (Å²) in [5.41, 5.74) is 0. The standard InChI is InChI=1S/C75H134O17P2/c1-5-9-13-17-21-25-29-33-34-38-40-44-48-52-56-60-73(78)86-66-71(92-75(80)62-58-54-50-46-42-37-32-28-24-20-16-12-8-4)68-90-94(83,84)88-64-69(76)63-87-93(81,82)89-67-70(91-74(79)61-57-53-49-45-41-36-31-27-23-19-15-11-7-3)65-85-72(77)59-55-51-47-43-39-35-30-26-22-18-14-10-6-2/h14,16,18,20,26-28,30-34,69-71,76H,5-13,15,17,19,21-25,29,35-68H2,1-4H3,(H,81,82)(H,83,84)/b18-14-,20-16-,30-26-,31-27-,32-28-,34-33-. The first kappa shape index (κ1) is 90.5. The average Bonchev–Trinajstić information content (AvgIpc) is 2.45. The Morgan fingerprint density at radius 2 is 0.543 bits per heavy atom. The van der Waals surface area contributed by atoms with Crippen molar-refractivity contribution in [1.29, 1.82) is 0 Å². The van der Waals surface area contributed by atoms with Crippen molar-refractivity contribution in [3.63, 3.8) is 0 Å². The third-order valence-corrected chi connectivity index (χ3v) is 17.5. The minimum atomic E-state index is -4.97. The largest absolute Gasteiger partial charge is 0.472 e. The van der Waals surface area contributed by atoms with Gasteiger partial charge >= 0.3 is 39.5 Å². The van der Waals surface area contributed by atoms with Crippen molar-refractivity contribution in [1.82, 2.24) is 0 Å². The molecule has 0 saturated heterocycles. The van der Waals surface area contributed by atoms with E-state index in [0.717, 1.165) is 180 Å². The number of carbonyl (C=O) groups is 4. The number of unbranched alkanes of at least 4 members (excludes halogenated alkanes) is 32. The zero-order valence-electron chi connectivity index (χ0n) is 59.4. The van der Waals surface area contributed by atoms with Crippen LogP contribution >= 0.6 is 15.6 Å². The molecule has 0 aliphatic heterocycles. The van der Waals surface area contributed by atoms with Gasteiger partial charge < -0.3 is 33.8 Å². The van der Waals surface area contributed by atoms with Crippen molar-refractivity contribution in [2.45, 2.75) is 341 Å². The quantitative estimate of drug-likeness (QED) is 0.0169. The van der Waals surface area contributed by atoms with E-state index in [1.807, 2.05) is 0 Å². The van der Waals surface area contributed by atoms with Gasteiger partial charge in [-0.1, -0.05) is 242 Å². The molecule has 3 N–H and O–H groups in total. The highest BCUT2D eigenvalue weighted by Gasteiger charge is 2.30. The van der Waals surface area contributed by atoms with Gasteiger partial charge in [-0.2, -0.15) is 0 Å². The first-order chi connectivity index (χ1) is 45.7. The molecule has 0 radical (unpaired) electrons. The third-order valence-electron chi connectivity index (χ3n) is 15.6. The highest BCUT2D eigenvalue weighted by Crippen LogP contribution is 2.45. The molecule has 0 rings (SSSR count). The number of hydrogen-bond acceptors (Lipinski definition) is 15. The number of hydrogen-bond donors (Lipinski definition) is 3. The van der Waals surface area contributed by atoms with Crippen LogP contribution in [-0.4, -0.2) is 96.7 Å². The molecule has 0 aromatic heterocycles. The van der Waals surface area contributed by atoms with E-state index in [9.17, 15) is 43.2 Å². The minimum Gasteiger partial charge on any atom is -0.462 e. The van der Waals surface area contributed by atoms with E-state index in [-0.39, 0.29) is 25.7 Å². The van der Waals surface area contributed by atoms with Crippen molar-refractivity contribution in [3.05, 3.63) is 72.9 Å². The summed E-state index contributed by atoms with van der Waals surface area (Å²) in [6, 6.07) is 0.